The molecule has 1 aromatic rings. The third-order valence-electron chi connectivity index (χ3n) is 5.13. The van der Waals surface area contributed by atoms with Gasteiger partial charge in [-0.1, -0.05) is 12.1 Å². The molecule has 3 rings (SSSR count). The monoisotopic (exact) mass is 415 g/mol. The zero-order valence-corrected chi connectivity index (χ0v) is 17.1. The van der Waals surface area contributed by atoms with E-state index in [2.05, 4.69) is 5.32 Å². The molecule has 0 aromatic heterocycles. The number of nitrogens with one attached hydrogen (secondary N) is 1. The molecule has 1 aromatic carbocycles. The van der Waals surface area contributed by atoms with Crippen molar-refractivity contribution in [1.29, 1.82) is 0 Å². The van der Waals surface area contributed by atoms with E-state index < -0.39 is 25.1 Å². The lowest BCUT2D eigenvalue weighted by atomic mass is 10.1. The van der Waals surface area contributed by atoms with Crippen LogP contribution in [0, 0.1) is 13.8 Å². The number of carbonyl (C=O) groups excluding carboxylic acids is 1. The van der Waals surface area contributed by atoms with Gasteiger partial charge in [0.05, 0.1) is 16.8 Å². The van der Waals surface area contributed by atoms with Crippen molar-refractivity contribution in [2.24, 2.45) is 0 Å². The Hall–Kier alpha value is -1.65. The van der Waals surface area contributed by atoms with E-state index in [0.29, 0.717) is 0 Å². The van der Waals surface area contributed by atoms with Gasteiger partial charge in [0.1, 0.15) is 0 Å². The van der Waals surface area contributed by atoms with Crippen LogP contribution < -0.4 is 5.32 Å². The summed E-state index contributed by atoms with van der Waals surface area (Å²) in [6.07, 6.45) is 0.151. The second-order valence-corrected chi connectivity index (χ2v) is 11.6. The molecule has 0 saturated carbocycles. The van der Waals surface area contributed by atoms with Crippen molar-refractivity contribution in [2.45, 2.75) is 25.5 Å². The van der Waals surface area contributed by atoms with E-state index in [4.69, 9.17) is 0 Å². The molecule has 0 unspecified atom stereocenters. The van der Waals surface area contributed by atoms with Gasteiger partial charge in [0.2, 0.25) is 10.0 Å². The van der Waals surface area contributed by atoms with Crippen LogP contribution in [-0.2, 0) is 19.9 Å². The van der Waals surface area contributed by atoms with Gasteiger partial charge in [-0.15, -0.1) is 0 Å². The first-order valence-corrected chi connectivity index (χ1v) is 12.2. The largest absolute Gasteiger partial charge is 0.322 e. The first-order chi connectivity index (χ1) is 12.6. The van der Waals surface area contributed by atoms with Crippen molar-refractivity contribution in [3.8, 4) is 0 Å². The first kappa shape index (κ1) is 20.1. The Bertz CT molecular complexity index is 935. The number of aryl methyl sites for hydroxylation is 2. The minimum Gasteiger partial charge on any atom is -0.322 e. The second kappa shape index (κ2) is 7.40. The molecule has 2 fully saturated rings. The highest BCUT2D eigenvalue weighted by Gasteiger charge is 2.41. The van der Waals surface area contributed by atoms with Gasteiger partial charge in [-0.05, 0) is 37.5 Å². The molecule has 10 heteroatoms. The number of urea groups is 1. The third kappa shape index (κ3) is 4.44. The molecule has 150 valence electrons. The van der Waals surface area contributed by atoms with E-state index >= 15 is 0 Å². The van der Waals surface area contributed by atoms with Gasteiger partial charge in [0, 0.05) is 31.9 Å². The van der Waals surface area contributed by atoms with E-state index in [-0.39, 0.29) is 50.1 Å². The summed E-state index contributed by atoms with van der Waals surface area (Å²) in [6, 6.07) is 5.54. The molecule has 2 aliphatic rings. The molecule has 8 nitrogen and oxygen atoms in total. The Morgan fingerprint density at radius 2 is 1.81 bits per heavy atom. The summed E-state index contributed by atoms with van der Waals surface area (Å²) in [5.41, 5.74) is 2.74. The Morgan fingerprint density at radius 3 is 2.41 bits per heavy atom. The molecule has 2 heterocycles. The Balaban J connectivity index is 1.60. The number of sulfonamides is 1. The molecule has 27 heavy (non-hydrogen) atoms. The van der Waals surface area contributed by atoms with Crippen LogP contribution in [0.5, 0.6) is 0 Å². The maximum Gasteiger partial charge on any atom is 0.321 e. The van der Waals surface area contributed by atoms with Crippen LogP contribution >= 0.6 is 0 Å². The number of rotatable bonds is 3. The highest BCUT2D eigenvalue weighted by Crippen LogP contribution is 2.23. The summed E-state index contributed by atoms with van der Waals surface area (Å²) in [7, 11) is -6.92. The fourth-order valence-electron chi connectivity index (χ4n) is 3.42. The summed E-state index contributed by atoms with van der Waals surface area (Å²) in [5, 5.41) is 2.02. The number of anilines is 1. The maximum absolute atomic E-state index is 12.7. The number of nitrogens with zero attached hydrogens (tertiary/aromatic N) is 2. The Labute approximate surface area is 160 Å². The number of hydrogen-bond acceptors (Lipinski definition) is 5. The van der Waals surface area contributed by atoms with E-state index in [0.717, 1.165) is 16.8 Å². The number of amides is 2. The van der Waals surface area contributed by atoms with Crippen LogP contribution in [0.15, 0.2) is 18.2 Å². The molecule has 1 N–H and O–H groups in total. The van der Waals surface area contributed by atoms with Gasteiger partial charge in [0.15, 0.2) is 9.84 Å². The fourth-order valence-corrected chi connectivity index (χ4v) is 7.93. The minimum atomic E-state index is -3.66. The van der Waals surface area contributed by atoms with Crippen molar-refractivity contribution in [3.05, 3.63) is 29.3 Å². The van der Waals surface area contributed by atoms with Crippen molar-refractivity contribution in [3.63, 3.8) is 0 Å². The van der Waals surface area contributed by atoms with Crippen LogP contribution in [0.3, 0.4) is 0 Å². The highest BCUT2D eigenvalue weighted by molar-refractivity contribution is 7.95. The summed E-state index contributed by atoms with van der Waals surface area (Å²) in [5.74, 6) is -0.377. The summed E-state index contributed by atoms with van der Waals surface area (Å²) < 4.78 is 49.8. The average Bonchev–Trinajstić information content (AvgIpc) is 2.99. The SMILES string of the molecule is Cc1ccc(C)c(NC(=O)N2CCN(S(=O)(=O)[C@@H]3CCS(=O)(=O)C3)CC2)c1. The Morgan fingerprint density at radius 1 is 1.15 bits per heavy atom. The van der Waals surface area contributed by atoms with Crippen LogP contribution in [0.25, 0.3) is 0 Å². The molecule has 0 spiro atoms. The van der Waals surface area contributed by atoms with Gasteiger partial charge >= 0.3 is 6.03 Å². The Kier molecular flexibility index (Phi) is 5.51. The third-order valence-corrected chi connectivity index (χ3v) is 9.44. The van der Waals surface area contributed by atoms with E-state index in [9.17, 15) is 21.6 Å². The van der Waals surface area contributed by atoms with Crippen molar-refractivity contribution in [2.75, 3.05) is 43.0 Å². The zero-order chi connectivity index (χ0) is 19.8. The van der Waals surface area contributed by atoms with E-state index in [1.54, 1.807) is 4.90 Å². The fraction of sp³-hybridized carbons (Fsp3) is 0.588. The zero-order valence-electron chi connectivity index (χ0n) is 15.5. The molecule has 1 atom stereocenters. The summed E-state index contributed by atoms with van der Waals surface area (Å²) in [6.45, 7) is 4.76. The van der Waals surface area contributed by atoms with Gasteiger partial charge in [-0.25, -0.2) is 21.6 Å². The highest BCUT2D eigenvalue weighted by atomic mass is 32.2. The predicted molar refractivity (Wildman–Crippen MR) is 104 cm³/mol. The average molecular weight is 416 g/mol. The van der Waals surface area contributed by atoms with Crippen molar-refractivity contribution >= 4 is 31.6 Å². The standard InChI is InChI=1S/C17H25N3O5S2/c1-13-3-4-14(2)16(11-13)18-17(21)19-6-8-20(9-7-19)27(24,25)15-5-10-26(22,23)12-15/h3-4,11,15H,5-10,12H2,1-2H3,(H,18,21)/t15-/m1/s1. The number of carbonyl (C=O) groups is 1. The number of piperazine rings is 1. The van der Waals surface area contributed by atoms with Crippen LogP contribution in [0.2, 0.25) is 0 Å². The van der Waals surface area contributed by atoms with Crippen molar-refractivity contribution in [1.82, 2.24) is 9.21 Å². The lowest BCUT2D eigenvalue weighted by Crippen LogP contribution is -2.53. The van der Waals surface area contributed by atoms with E-state index in [1.165, 1.54) is 4.31 Å². The van der Waals surface area contributed by atoms with Crippen molar-refractivity contribution < 1.29 is 21.6 Å². The lowest BCUT2D eigenvalue weighted by molar-refractivity contribution is 0.184. The molecule has 2 saturated heterocycles. The van der Waals surface area contributed by atoms with Gasteiger partial charge in [-0.3, -0.25) is 0 Å². The molecular weight excluding hydrogens is 390 g/mol. The lowest BCUT2D eigenvalue weighted by Gasteiger charge is -2.35. The van der Waals surface area contributed by atoms with Crippen LogP contribution in [-0.4, -0.2) is 75.0 Å². The van der Waals surface area contributed by atoms with Gasteiger partial charge in [-0.2, -0.15) is 4.31 Å². The summed E-state index contributed by atoms with van der Waals surface area (Å²) in [4.78, 5) is 14.1. The second-order valence-electron chi connectivity index (χ2n) is 7.20. The molecule has 0 radical (unpaired) electrons. The molecular formula is C17H25N3O5S2. The smallest absolute Gasteiger partial charge is 0.321 e. The van der Waals surface area contributed by atoms with Crippen LogP contribution in [0.4, 0.5) is 10.5 Å². The number of hydrogen-bond donors (Lipinski definition) is 1. The molecule has 0 bridgehead atoms. The first-order valence-electron chi connectivity index (χ1n) is 8.91. The normalized spacial score (nSPS) is 23.3. The quantitative estimate of drug-likeness (QED) is 0.792. The van der Waals surface area contributed by atoms with Gasteiger partial charge < -0.3 is 10.2 Å². The topological polar surface area (TPSA) is 104 Å². The van der Waals surface area contributed by atoms with Crippen LogP contribution in [0.1, 0.15) is 17.5 Å². The maximum atomic E-state index is 12.7. The van der Waals surface area contributed by atoms with E-state index in [1.807, 2.05) is 32.0 Å². The summed E-state index contributed by atoms with van der Waals surface area (Å²) >= 11 is 0. The molecule has 0 aliphatic carbocycles. The molecule has 2 amide bonds. The number of benzene rings is 1. The minimum absolute atomic E-state index is 0.0743. The molecule has 2 aliphatic heterocycles. The number of sulfone groups is 1. The van der Waals surface area contributed by atoms with Gasteiger partial charge in [0.25, 0.3) is 0 Å². The predicted octanol–water partition coefficient (Wildman–Crippen LogP) is 0.970.